The van der Waals surface area contributed by atoms with Gasteiger partial charge >= 0.3 is 17.9 Å². The van der Waals surface area contributed by atoms with Gasteiger partial charge in [0.15, 0.2) is 0 Å². The Kier molecular flexibility index (Phi) is 45.4. The third-order valence-corrected chi connectivity index (χ3v) is 27.1. The second-order valence-corrected chi connectivity index (χ2v) is 38.3. The van der Waals surface area contributed by atoms with Gasteiger partial charge in [0.25, 0.3) is 0 Å². The quantitative estimate of drug-likeness (QED) is 0.00761. The second-order valence-electron chi connectivity index (χ2n) is 38.3. The molecule has 0 amide bonds. The minimum absolute atomic E-state index is 0.00114. The molecule has 0 saturated heterocycles. The number of benzene rings is 5. The van der Waals surface area contributed by atoms with Gasteiger partial charge in [-0.25, -0.2) is 14.4 Å². The third kappa shape index (κ3) is 30.4. The van der Waals surface area contributed by atoms with Crippen LogP contribution in [0.2, 0.25) is 0 Å². The number of aryl methyl sites for hydroxylation is 5. The van der Waals surface area contributed by atoms with Gasteiger partial charge in [-0.2, -0.15) is 0 Å². The highest BCUT2D eigenvalue weighted by Gasteiger charge is 2.39. The van der Waals surface area contributed by atoms with Gasteiger partial charge in [0.05, 0.1) is 19.8 Å². The number of hydrogen-bond donors (Lipinski definition) is 12. The summed E-state index contributed by atoms with van der Waals surface area (Å²) in [5.41, 5.74) is 18.0. The molecule has 18 nitrogen and oxygen atoms in total. The average molecular weight is 1820 g/mol. The predicted molar refractivity (Wildman–Crippen MR) is 536 cm³/mol. The van der Waals surface area contributed by atoms with Crippen LogP contribution in [-0.2, 0) is 46.3 Å². The monoisotopic (exact) mass is 1820 g/mol. The van der Waals surface area contributed by atoms with Crippen LogP contribution >= 0.6 is 0 Å². The van der Waals surface area contributed by atoms with E-state index < -0.39 is 24.0 Å². The summed E-state index contributed by atoms with van der Waals surface area (Å²) in [5.74, 6) is -1.47. The van der Waals surface area contributed by atoms with Crippen LogP contribution in [0.4, 0.5) is 0 Å². The molecule has 0 radical (unpaired) electrons. The molecular weight excluding hydrogens is 1660 g/mol. The summed E-state index contributed by atoms with van der Waals surface area (Å²) in [5, 5.41) is 127. The highest BCUT2D eigenvalue weighted by atomic mass is 16.5. The highest BCUT2D eigenvalue weighted by Crippen LogP contribution is 2.54. The van der Waals surface area contributed by atoms with Crippen molar-refractivity contribution in [1.82, 2.24) is 0 Å². The number of hydrogen-bond acceptors (Lipinski definition) is 18. The molecule has 5 aliphatic rings. The molecule has 10 rings (SSSR count). The van der Waals surface area contributed by atoms with Crippen LogP contribution in [0.1, 0.15) is 388 Å². The molecule has 5 aromatic carbocycles. The summed E-state index contributed by atoms with van der Waals surface area (Å²) in [4.78, 5) is 38.2. The van der Waals surface area contributed by atoms with Crippen molar-refractivity contribution in [1.29, 1.82) is 0 Å². The number of unbranched alkanes of at least 4 members (excludes halogenated alkanes) is 8. The standard InChI is InChI=1S/C27H40O5.C24H34O5.C23H32O4.C21H30O2.C19H26O2/c1-6-8-9-11-19-15-23(29)25(22-14-18(5)12-13-21(22)17(3)4)26(30)24(19)27(31)32-16-20(28)10-7-2;1-5-6-7-8-17-14-20(26)22(23(27)21(17)24(28)29-12-11-25)19-13-16(4)9-10-18(19)15(2)3;1-6-7-8-9-16-13-19(24)21(22(25)20(16)23(26)27-5)18-12-15(4)10-11-17(18)14(2)3;1-5-6-7-8-16-12-19(22)21(20(23)13-16)18-11-15(4)9-10-17(18)14(2)3;1-5-6-14-10-17(20)19(18(21)11-14)16-9-13(4)7-8-15(16)12(2)3/h14-15,20-22,28-30H,3,6-13,16H2,1-2,4-5H3;13-14,18-19,25-27H,2,5-12H2,1,3-4H3;12-13,17-18,24-25H,2,6-11H2,1,3-5H3;11-13,17-18,22-23H,2,5-10H2,1,3-4H3;9-11,15-16,20-21H,2,5-8H2,1,3-4H3/t20?,21-,22+;18-,19+;2*17-,18+;15-,16+/m11111/s1. The Morgan fingerprint density at radius 3 is 0.864 bits per heavy atom. The van der Waals surface area contributed by atoms with E-state index in [0.717, 1.165) is 193 Å². The normalized spacial score (nSPS) is 20.0. The lowest BCUT2D eigenvalue weighted by atomic mass is 9.73. The fourth-order valence-electron chi connectivity index (χ4n) is 19.8. The Hall–Kier alpha value is -10.2. The number of ether oxygens (including phenoxy) is 3. The molecule has 0 aromatic heterocycles. The number of phenols is 10. The topological polar surface area (TPSA) is 322 Å². The van der Waals surface area contributed by atoms with Crippen LogP contribution in [0, 0.1) is 29.6 Å². The first-order valence-corrected chi connectivity index (χ1v) is 48.9. The van der Waals surface area contributed by atoms with E-state index in [9.17, 15) is 70.6 Å². The molecule has 1 unspecified atom stereocenters. The average Bonchev–Trinajstić information content (AvgIpc) is 0.794. The number of allylic oxidation sites excluding steroid dienone is 15. The van der Waals surface area contributed by atoms with E-state index in [1.54, 1.807) is 30.3 Å². The molecule has 726 valence electrons. The molecule has 11 atom stereocenters. The summed E-state index contributed by atoms with van der Waals surface area (Å²) in [6.45, 7) is 52.8. The molecule has 0 heterocycles. The van der Waals surface area contributed by atoms with Crippen molar-refractivity contribution in [3.63, 3.8) is 0 Å². The van der Waals surface area contributed by atoms with Crippen LogP contribution in [0.25, 0.3) is 0 Å². The van der Waals surface area contributed by atoms with Gasteiger partial charge in [-0.15, -0.1) is 0 Å². The first-order chi connectivity index (χ1) is 62.7. The number of aromatic hydroxyl groups is 10. The number of esters is 3. The number of phenolic OH excluding ortho intramolecular Hbond substituents is 10. The SMILES string of the molecule is C=C(C)[C@H]1CCC(C)=C[C@@H]1c1c(O)cc(CCC)cc1O.C=C(C)[C@H]1CCC(C)=C[C@@H]1c1c(O)cc(CCCCC)c(C(=O)OC)c1O.C=C(C)[C@H]1CCC(C)=C[C@@H]1c1c(O)cc(CCCCC)c(C(=O)OCC(O)CCC)c1O.C=C(C)[C@H]1CCC(C)=C[C@@H]1c1c(O)cc(CCCCC)c(C(=O)OCCO)c1O.C=C(C)[C@H]1CCC(C)=C[C@@H]1c1c(O)cc(CCCCC)cc1O. The van der Waals surface area contributed by atoms with Crippen LogP contribution < -0.4 is 0 Å². The van der Waals surface area contributed by atoms with E-state index in [0.29, 0.717) is 70.2 Å². The molecule has 5 aliphatic carbocycles. The summed E-state index contributed by atoms with van der Waals surface area (Å²) >= 11 is 0. The first-order valence-electron chi connectivity index (χ1n) is 48.9. The lowest BCUT2D eigenvalue weighted by molar-refractivity contribution is 0.0232. The fourth-order valence-corrected chi connectivity index (χ4v) is 19.8. The molecule has 0 fully saturated rings. The lowest BCUT2D eigenvalue weighted by Crippen LogP contribution is -2.21. The number of methoxy groups -OCH3 is 1. The van der Waals surface area contributed by atoms with Gasteiger partial charge in [-0.05, 0) is 298 Å². The molecular formula is C114H162O18. The molecule has 0 bridgehead atoms. The minimum Gasteiger partial charge on any atom is -0.507 e. The van der Waals surface area contributed by atoms with E-state index in [1.807, 2.05) is 67.5 Å². The smallest absolute Gasteiger partial charge is 0.342 e. The Bertz CT molecular complexity index is 4890. The van der Waals surface area contributed by atoms with Crippen molar-refractivity contribution < 1.29 is 89.9 Å². The van der Waals surface area contributed by atoms with Crippen molar-refractivity contribution >= 4 is 17.9 Å². The van der Waals surface area contributed by atoms with E-state index in [4.69, 9.17) is 19.3 Å². The van der Waals surface area contributed by atoms with Gasteiger partial charge < -0.3 is 75.5 Å². The zero-order valence-electron chi connectivity index (χ0n) is 83.0. The van der Waals surface area contributed by atoms with Crippen molar-refractivity contribution in [3.8, 4) is 57.5 Å². The number of carbonyl (C=O) groups is 3. The molecule has 12 N–H and O–H groups in total. The maximum absolute atomic E-state index is 13.0. The van der Waals surface area contributed by atoms with Gasteiger partial charge in [-0.3, -0.25) is 0 Å². The predicted octanol–water partition coefficient (Wildman–Crippen LogP) is 27.7. The van der Waals surface area contributed by atoms with Crippen molar-refractivity contribution in [2.75, 3.05) is 26.9 Å². The van der Waals surface area contributed by atoms with E-state index in [1.165, 1.54) is 47.8 Å². The maximum Gasteiger partial charge on any atom is 0.342 e. The van der Waals surface area contributed by atoms with Crippen molar-refractivity contribution in [2.45, 2.75) is 339 Å². The number of carbonyl (C=O) groups excluding carboxylic acids is 3. The molecule has 0 saturated carbocycles. The molecule has 0 spiro atoms. The Labute approximate surface area is 790 Å². The van der Waals surface area contributed by atoms with Gasteiger partial charge in [-0.1, -0.05) is 225 Å². The largest absolute Gasteiger partial charge is 0.507 e. The Balaban J connectivity index is 0.000000256. The van der Waals surface area contributed by atoms with Gasteiger partial charge in [0.1, 0.15) is 87.4 Å². The van der Waals surface area contributed by atoms with Crippen molar-refractivity contribution in [2.24, 2.45) is 29.6 Å². The Morgan fingerprint density at radius 2 is 0.606 bits per heavy atom. The van der Waals surface area contributed by atoms with Gasteiger partial charge in [0, 0.05) is 57.4 Å². The molecule has 132 heavy (non-hydrogen) atoms. The zero-order chi connectivity index (χ0) is 98.1. The third-order valence-electron chi connectivity index (χ3n) is 27.1. The molecule has 18 heteroatoms. The summed E-state index contributed by atoms with van der Waals surface area (Å²) in [6.07, 6.45) is 37.4. The fraction of sp³-hybridized carbons (Fsp3) is 0.535. The number of aliphatic hydroxyl groups is 2. The molecule has 0 aliphatic heterocycles. The van der Waals surface area contributed by atoms with Gasteiger partial charge in [0.2, 0.25) is 0 Å². The van der Waals surface area contributed by atoms with Crippen molar-refractivity contribution in [3.05, 3.63) is 234 Å². The summed E-state index contributed by atoms with van der Waals surface area (Å²) in [6, 6.07) is 12.1. The van der Waals surface area contributed by atoms with E-state index in [2.05, 4.69) is 119 Å². The zero-order valence-corrected chi connectivity index (χ0v) is 83.0. The van der Waals surface area contributed by atoms with E-state index >= 15 is 0 Å². The number of rotatable bonds is 37. The Morgan fingerprint density at radius 1 is 0.348 bits per heavy atom. The first kappa shape index (κ1) is 111. The summed E-state index contributed by atoms with van der Waals surface area (Å²) < 4.78 is 15.4. The van der Waals surface area contributed by atoms with Crippen LogP contribution in [-0.4, -0.2) is 112 Å². The lowest BCUT2D eigenvalue weighted by Gasteiger charge is -2.32. The molecule has 5 aromatic rings. The minimum atomic E-state index is -0.733. The van der Waals surface area contributed by atoms with Crippen LogP contribution in [0.15, 0.2) is 161 Å². The highest BCUT2D eigenvalue weighted by molar-refractivity contribution is 5.97. The van der Waals surface area contributed by atoms with Crippen LogP contribution in [0.3, 0.4) is 0 Å². The maximum atomic E-state index is 13.0. The van der Waals surface area contributed by atoms with E-state index in [-0.39, 0.29) is 153 Å². The van der Waals surface area contributed by atoms with Crippen LogP contribution in [0.5, 0.6) is 57.5 Å². The number of aliphatic hydroxyl groups excluding tert-OH is 2. The second kappa shape index (κ2) is 54.3. The summed E-state index contributed by atoms with van der Waals surface area (Å²) in [7, 11) is 1.31.